The van der Waals surface area contributed by atoms with E-state index in [0.29, 0.717) is 28.7 Å². The summed E-state index contributed by atoms with van der Waals surface area (Å²) < 4.78 is 4.71. The molecule has 0 N–H and O–H groups in total. The molecule has 2 aromatic heterocycles. The van der Waals surface area contributed by atoms with E-state index in [1.807, 2.05) is 60.0 Å². The quantitative estimate of drug-likeness (QED) is 0.478. The van der Waals surface area contributed by atoms with Crippen molar-refractivity contribution in [2.75, 3.05) is 11.4 Å². The number of nitrogens with zero attached hydrogens (tertiary/aromatic N) is 5. The summed E-state index contributed by atoms with van der Waals surface area (Å²) >= 11 is 6.39. The Hall–Kier alpha value is -3.32. The van der Waals surface area contributed by atoms with Gasteiger partial charge < -0.3 is 9.47 Å². The van der Waals surface area contributed by atoms with Crippen LogP contribution in [0.4, 0.5) is 11.6 Å². The second-order valence-corrected chi connectivity index (χ2v) is 8.92. The molecule has 164 valence electrons. The first-order chi connectivity index (χ1) is 15.4. The van der Waals surface area contributed by atoms with Crippen LogP contribution in [0.25, 0.3) is 11.2 Å². The SMILES string of the molecule is Cc1c(Cl)cccc1N1C[C@H](C)Cn2c1nc1c2c(=O)n(Cc2ccccc2)c(=O)n1C. The first-order valence-electron chi connectivity index (χ1n) is 10.6. The third kappa shape index (κ3) is 3.15. The number of halogens is 1. The van der Waals surface area contributed by atoms with Crippen molar-refractivity contribution in [3.8, 4) is 0 Å². The number of hydrogen-bond acceptors (Lipinski definition) is 4. The van der Waals surface area contributed by atoms with Crippen molar-refractivity contribution in [1.82, 2.24) is 18.7 Å². The third-order valence-corrected chi connectivity index (χ3v) is 6.57. The molecule has 1 aliphatic rings. The summed E-state index contributed by atoms with van der Waals surface area (Å²) in [6.45, 7) is 5.74. The van der Waals surface area contributed by atoms with Crippen LogP contribution in [0.15, 0.2) is 58.1 Å². The van der Waals surface area contributed by atoms with Gasteiger partial charge in [0.2, 0.25) is 5.95 Å². The molecule has 1 atom stereocenters. The van der Waals surface area contributed by atoms with Crippen molar-refractivity contribution in [3.05, 3.63) is 85.5 Å². The lowest BCUT2D eigenvalue weighted by Crippen LogP contribution is -2.40. The van der Waals surface area contributed by atoms with Gasteiger partial charge >= 0.3 is 5.69 Å². The molecule has 0 saturated heterocycles. The third-order valence-electron chi connectivity index (χ3n) is 6.16. The number of rotatable bonds is 3. The Morgan fingerprint density at radius 3 is 2.56 bits per heavy atom. The monoisotopic (exact) mass is 449 g/mol. The van der Waals surface area contributed by atoms with Gasteiger partial charge in [-0.3, -0.25) is 13.9 Å². The molecule has 0 amide bonds. The number of hydrogen-bond donors (Lipinski definition) is 0. The molecule has 7 nitrogen and oxygen atoms in total. The van der Waals surface area contributed by atoms with Crippen molar-refractivity contribution in [2.24, 2.45) is 13.0 Å². The van der Waals surface area contributed by atoms with Gasteiger partial charge in [0, 0.05) is 30.8 Å². The minimum absolute atomic E-state index is 0.218. The molecule has 0 aliphatic carbocycles. The highest BCUT2D eigenvalue weighted by molar-refractivity contribution is 6.31. The van der Waals surface area contributed by atoms with E-state index in [1.165, 1.54) is 9.13 Å². The lowest BCUT2D eigenvalue weighted by Gasteiger charge is -2.34. The van der Waals surface area contributed by atoms with Crippen molar-refractivity contribution < 1.29 is 0 Å². The van der Waals surface area contributed by atoms with Crippen LogP contribution >= 0.6 is 11.6 Å². The van der Waals surface area contributed by atoms with Gasteiger partial charge in [0.15, 0.2) is 11.2 Å². The Bertz CT molecular complexity index is 1450. The summed E-state index contributed by atoms with van der Waals surface area (Å²) in [6, 6.07) is 15.3. The van der Waals surface area contributed by atoms with E-state index in [9.17, 15) is 9.59 Å². The summed E-state index contributed by atoms with van der Waals surface area (Å²) in [4.78, 5) is 33.5. The fourth-order valence-electron chi connectivity index (χ4n) is 4.50. The maximum Gasteiger partial charge on any atom is 0.332 e. The number of imidazole rings is 1. The van der Waals surface area contributed by atoms with Gasteiger partial charge in [-0.15, -0.1) is 0 Å². The van der Waals surface area contributed by atoms with Crippen molar-refractivity contribution in [1.29, 1.82) is 0 Å². The normalized spacial score (nSPS) is 15.9. The second kappa shape index (κ2) is 7.67. The standard InChI is InChI=1S/C24H24ClN5O2/c1-15-12-28(19-11-7-10-18(25)16(19)2)23-26-21-20(29(23)13-15)22(31)30(24(32)27(21)3)14-17-8-5-4-6-9-17/h4-11,15H,12-14H2,1-3H3/t15-/m0/s1. The van der Waals surface area contributed by atoms with Crippen molar-refractivity contribution in [2.45, 2.75) is 26.9 Å². The molecular formula is C24H24ClN5O2. The maximum absolute atomic E-state index is 13.6. The smallest absolute Gasteiger partial charge is 0.311 e. The van der Waals surface area contributed by atoms with Crippen molar-refractivity contribution >= 4 is 34.4 Å². The molecule has 5 rings (SSSR count). The largest absolute Gasteiger partial charge is 0.332 e. The van der Waals surface area contributed by atoms with Crippen LogP contribution in [0.3, 0.4) is 0 Å². The Kier molecular flexibility index (Phi) is 4.93. The van der Waals surface area contributed by atoms with Crippen LogP contribution in [0.5, 0.6) is 0 Å². The molecular weight excluding hydrogens is 426 g/mol. The zero-order valence-corrected chi connectivity index (χ0v) is 19.0. The van der Waals surface area contributed by atoms with Crippen LogP contribution in [0.2, 0.25) is 5.02 Å². The van der Waals surface area contributed by atoms with Crippen LogP contribution < -0.4 is 16.1 Å². The van der Waals surface area contributed by atoms with Crippen LogP contribution in [0, 0.1) is 12.8 Å². The average molecular weight is 450 g/mol. The molecule has 1 aliphatic heterocycles. The number of anilines is 2. The van der Waals surface area contributed by atoms with Gasteiger partial charge in [-0.1, -0.05) is 54.9 Å². The van der Waals surface area contributed by atoms with Gasteiger partial charge in [-0.2, -0.15) is 4.98 Å². The maximum atomic E-state index is 13.6. The molecule has 0 fully saturated rings. The summed E-state index contributed by atoms with van der Waals surface area (Å²) in [5.41, 5.74) is 2.97. The van der Waals surface area contributed by atoms with E-state index in [1.54, 1.807) is 7.05 Å². The highest BCUT2D eigenvalue weighted by Gasteiger charge is 2.30. The molecule has 0 spiro atoms. The minimum atomic E-state index is -0.375. The number of fused-ring (bicyclic) bond motifs is 3. The van der Waals surface area contributed by atoms with Crippen LogP contribution in [0.1, 0.15) is 18.1 Å². The van der Waals surface area contributed by atoms with Gasteiger partial charge in [0.05, 0.1) is 6.54 Å². The molecule has 2 aromatic carbocycles. The minimum Gasteiger partial charge on any atom is -0.311 e. The molecule has 0 bridgehead atoms. The summed E-state index contributed by atoms with van der Waals surface area (Å²) in [6.07, 6.45) is 0. The van der Waals surface area contributed by atoms with E-state index in [0.717, 1.165) is 23.4 Å². The number of aromatic nitrogens is 4. The molecule has 3 heterocycles. The lowest BCUT2D eigenvalue weighted by molar-refractivity contribution is 0.457. The topological polar surface area (TPSA) is 65.1 Å². The van der Waals surface area contributed by atoms with Crippen molar-refractivity contribution in [3.63, 3.8) is 0 Å². The zero-order chi connectivity index (χ0) is 22.6. The van der Waals surface area contributed by atoms with E-state index in [4.69, 9.17) is 16.6 Å². The molecule has 0 saturated carbocycles. The molecule has 4 aromatic rings. The molecule has 8 heteroatoms. The molecule has 0 radical (unpaired) electrons. The van der Waals surface area contributed by atoms with E-state index < -0.39 is 0 Å². The second-order valence-electron chi connectivity index (χ2n) is 8.51. The first-order valence-corrected chi connectivity index (χ1v) is 11.0. The fourth-order valence-corrected chi connectivity index (χ4v) is 4.67. The first kappa shape index (κ1) is 20.6. The summed E-state index contributed by atoms with van der Waals surface area (Å²) in [5, 5.41) is 0.681. The average Bonchev–Trinajstić information content (AvgIpc) is 3.17. The summed E-state index contributed by atoms with van der Waals surface area (Å²) in [7, 11) is 1.67. The molecule has 32 heavy (non-hydrogen) atoms. The number of aryl methyl sites for hydroxylation is 1. The predicted molar refractivity (Wildman–Crippen MR) is 127 cm³/mol. The zero-order valence-electron chi connectivity index (χ0n) is 18.2. The lowest BCUT2D eigenvalue weighted by atomic mass is 10.1. The van der Waals surface area contributed by atoms with Crippen LogP contribution in [-0.2, 0) is 20.1 Å². The highest BCUT2D eigenvalue weighted by Crippen LogP contribution is 2.36. The predicted octanol–water partition coefficient (Wildman–Crippen LogP) is 3.69. The van der Waals surface area contributed by atoms with Gasteiger partial charge in [-0.05, 0) is 36.1 Å². The molecule has 0 unspecified atom stereocenters. The fraction of sp³-hybridized carbons (Fsp3) is 0.292. The highest BCUT2D eigenvalue weighted by atomic mass is 35.5. The Morgan fingerprint density at radius 1 is 1.06 bits per heavy atom. The number of benzene rings is 2. The Balaban J connectivity index is 1.75. The summed E-state index contributed by atoms with van der Waals surface area (Å²) in [5.74, 6) is 0.936. The van der Waals surface area contributed by atoms with Gasteiger partial charge in [0.1, 0.15) is 0 Å². The van der Waals surface area contributed by atoms with Crippen LogP contribution in [-0.4, -0.2) is 25.2 Å². The Morgan fingerprint density at radius 2 is 1.81 bits per heavy atom. The van der Waals surface area contributed by atoms with Gasteiger partial charge in [-0.25, -0.2) is 4.79 Å². The van der Waals surface area contributed by atoms with E-state index in [-0.39, 0.29) is 23.7 Å². The van der Waals surface area contributed by atoms with E-state index >= 15 is 0 Å². The van der Waals surface area contributed by atoms with E-state index in [2.05, 4.69) is 11.8 Å². The van der Waals surface area contributed by atoms with Gasteiger partial charge in [0.25, 0.3) is 5.56 Å². The Labute approximate surface area is 190 Å².